The van der Waals surface area contributed by atoms with Crippen LogP contribution in [0.4, 0.5) is 0 Å². The lowest BCUT2D eigenvalue weighted by atomic mass is 9.96. The number of aromatic nitrogens is 4. The Morgan fingerprint density at radius 2 is 1.72 bits per heavy atom. The van der Waals surface area contributed by atoms with Crippen LogP contribution in [0.5, 0.6) is 0 Å². The first-order valence-electron chi connectivity index (χ1n) is 13.9. The van der Waals surface area contributed by atoms with Gasteiger partial charge in [0.1, 0.15) is 6.04 Å². The third-order valence-corrected chi connectivity index (χ3v) is 7.20. The van der Waals surface area contributed by atoms with Crippen molar-refractivity contribution in [1.82, 2.24) is 30.8 Å². The molecule has 2 unspecified atom stereocenters. The van der Waals surface area contributed by atoms with Gasteiger partial charge in [-0.15, -0.1) is 10.2 Å². The van der Waals surface area contributed by atoms with Crippen molar-refractivity contribution in [2.24, 2.45) is 11.8 Å². The molecule has 0 saturated heterocycles. The summed E-state index contributed by atoms with van der Waals surface area (Å²) in [4.78, 5) is 28.8. The monoisotopic (exact) mass is 550 g/mol. The van der Waals surface area contributed by atoms with Gasteiger partial charge in [-0.1, -0.05) is 89.6 Å². The smallest absolute Gasteiger partial charge is 0.243 e. The summed E-state index contributed by atoms with van der Waals surface area (Å²) in [6.07, 6.45) is 2.98. The molecule has 0 saturated carbocycles. The van der Waals surface area contributed by atoms with E-state index in [0.717, 1.165) is 41.5 Å². The molecule has 2 amide bonds. The summed E-state index contributed by atoms with van der Waals surface area (Å²) in [5.74, 6) is 1.38. The largest absolute Gasteiger partial charge is 0.351 e. The third-order valence-electron chi connectivity index (χ3n) is 6.75. The summed E-state index contributed by atoms with van der Waals surface area (Å²) in [5, 5.41) is 17.6. The predicted octanol–water partition coefficient (Wildman–Crippen LogP) is 5.54. The predicted molar refractivity (Wildman–Crippen MR) is 159 cm³/mol. The number of hydrogen-bond donors (Lipinski definition) is 3. The highest BCUT2D eigenvalue weighted by atomic mass is 32.1. The lowest BCUT2D eigenvalue weighted by Gasteiger charge is -2.35. The summed E-state index contributed by atoms with van der Waals surface area (Å²) in [5.41, 5.74) is 3.84. The van der Waals surface area contributed by atoms with Crippen LogP contribution < -0.4 is 5.32 Å². The Morgan fingerprint density at radius 3 is 2.28 bits per heavy atom. The van der Waals surface area contributed by atoms with Gasteiger partial charge in [0.25, 0.3) is 0 Å². The van der Waals surface area contributed by atoms with E-state index < -0.39 is 6.04 Å². The van der Waals surface area contributed by atoms with Crippen LogP contribution in [0.1, 0.15) is 65.9 Å². The lowest BCUT2D eigenvalue weighted by Crippen LogP contribution is -2.54. The molecule has 9 heteroatoms. The molecule has 8 nitrogen and oxygen atoms in total. The normalized spacial score (nSPS) is 12.9. The molecule has 210 valence electrons. The maximum atomic E-state index is 13.6. The van der Waals surface area contributed by atoms with Gasteiger partial charge in [-0.05, 0) is 46.6 Å². The van der Waals surface area contributed by atoms with Crippen molar-refractivity contribution < 1.29 is 9.59 Å². The average molecular weight is 551 g/mol. The molecule has 3 aromatic rings. The number of rotatable bonds is 14. The van der Waals surface area contributed by atoms with Crippen LogP contribution in [-0.4, -0.2) is 55.2 Å². The zero-order valence-electron chi connectivity index (χ0n) is 23.7. The number of aromatic amines is 1. The second-order valence-electron chi connectivity index (χ2n) is 10.8. The molecule has 39 heavy (non-hydrogen) atoms. The lowest BCUT2D eigenvalue weighted by molar-refractivity contribution is -0.143. The van der Waals surface area contributed by atoms with E-state index >= 15 is 0 Å². The number of nitrogens with zero attached hydrogens (tertiary/aromatic N) is 4. The molecular formula is C30H42N6O2S. The van der Waals surface area contributed by atoms with Crippen molar-refractivity contribution in [1.29, 1.82) is 0 Å². The van der Waals surface area contributed by atoms with E-state index in [0.29, 0.717) is 30.5 Å². The van der Waals surface area contributed by atoms with Crippen molar-refractivity contribution in [3.63, 3.8) is 0 Å². The van der Waals surface area contributed by atoms with Gasteiger partial charge in [0.05, 0.1) is 0 Å². The average Bonchev–Trinajstić information content (AvgIpc) is 3.46. The van der Waals surface area contributed by atoms with E-state index in [-0.39, 0.29) is 23.8 Å². The van der Waals surface area contributed by atoms with E-state index in [9.17, 15) is 9.59 Å². The van der Waals surface area contributed by atoms with Crippen LogP contribution >= 0.6 is 12.6 Å². The summed E-state index contributed by atoms with van der Waals surface area (Å²) < 4.78 is 0. The molecule has 0 fully saturated rings. The van der Waals surface area contributed by atoms with E-state index in [2.05, 4.69) is 59.3 Å². The van der Waals surface area contributed by atoms with Crippen molar-refractivity contribution in [3.05, 3.63) is 54.1 Å². The second kappa shape index (κ2) is 14.8. The highest BCUT2D eigenvalue weighted by Gasteiger charge is 2.33. The minimum absolute atomic E-state index is 0.00325. The summed E-state index contributed by atoms with van der Waals surface area (Å²) in [6.45, 7) is 10.7. The number of tetrazole rings is 1. The minimum atomic E-state index is -0.567. The molecule has 1 aromatic heterocycles. The number of H-pyrrole nitrogens is 1. The highest BCUT2D eigenvalue weighted by molar-refractivity contribution is 7.80. The van der Waals surface area contributed by atoms with Gasteiger partial charge in [0.15, 0.2) is 0 Å². The number of benzene rings is 2. The molecule has 0 aliphatic heterocycles. The van der Waals surface area contributed by atoms with Crippen molar-refractivity contribution >= 4 is 24.4 Å². The third kappa shape index (κ3) is 8.39. The number of unbranched alkanes of at least 4 members (excludes halogenated alkanes) is 1. The first kappa shape index (κ1) is 30.3. The molecule has 0 radical (unpaired) electrons. The second-order valence-corrected chi connectivity index (χ2v) is 11.2. The topological polar surface area (TPSA) is 104 Å². The van der Waals surface area contributed by atoms with E-state index in [4.69, 9.17) is 0 Å². The van der Waals surface area contributed by atoms with Gasteiger partial charge in [-0.25, -0.2) is 0 Å². The molecule has 2 N–H and O–H groups in total. The van der Waals surface area contributed by atoms with Crippen LogP contribution in [-0.2, 0) is 16.1 Å². The number of thiol groups is 1. The maximum absolute atomic E-state index is 13.6. The molecule has 0 bridgehead atoms. The highest BCUT2D eigenvalue weighted by Crippen LogP contribution is 2.30. The number of carbonyl (C=O) groups is 2. The zero-order valence-corrected chi connectivity index (χ0v) is 24.6. The van der Waals surface area contributed by atoms with Gasteiger partial charge in [-0.2, -0.15) is 17.8 Å². The molecule has 3 rings (SSSR count). The summed E-state index contributed by atoms with van der Waals surface area (Å²) in [6, 6.07) is 15.4. The Labute approximate surface area is 237 Å². The molecule has 0 aliphatic rings. The Morgan fingerprint density at radius 1 is 1.03 bits per heavy atom. The quantitative estimate of drug-likeness (QED) is 0.229. The van der Waals surface area contributed by atoms with Gasteiger partial charge >= 0.3 is 0 Å². The number of carbonyl (C=O) groups excluding carboxylic acids is 2. The van der Waals surface area contributed by atoms with Gasteiger partial charge < -0.3 is 10.2 Å². The van der Waals surface area contributed by atoms with Crippen LogP contribution in [0.2, 0.25) is 0 Å². The fraction of sp³-hybridized carbons (Fsp3) is 0.500. The standard InChI is InChI=1S/C30H42N6O2S/c1-6-7-12-27(37)36(28(21(4)5)30(38)31-24(19-39)17-20(2)3)18-22-13-15-23(16-14-22)25-10-8-9-11-26(25)29-32-34-35-33-29/h8-11,13-16,20-21,24,28,39H,6-7,12,17-19H2,1-5H3,(H,31,38)(H,32,33,34,35). The van der Waals surface area contributed by atoms with E-state index in [1.807, 2.05) is 62.4 Å². The Kier molecular flexibility index (Phi) is 11.5. The molecule has 2 aromatic carbocycles. The first-order valence-corrected chi connectivity index (χ1v) is 14.5. The minimum Gasteiger partial charge on any atom is -0.351 e. The molecule has 0 spiro atoms. The SMILES string of the molecule is CCCCC(=O)N(Cc1ccc(-c2ccccc2-c2nn[nH]n2)cc1)C(C(=O)NC(CS)CC(C)C)C(C)C. The van der Waals surface area contributed by atoms with Gasteiger partial charge in [0.2, 0.25) is 17.6 Å². The van der Waals surface area contributed by atoms with Crippen LogP contribution in [0, 0.1) is 11.8 Å². The molecule has 1 heterocycles. The van der Waals surface area contributed by atoms with Crippen molar-refractivity contribution in [3.8, 4) is 22.5 Å². The fourth-order valence-corrected chi connectivity index (χ4v) is 5.08. The van der Waals surface area contributed by atoms with Crippen LogP contribution in [0.15, 0.2) is 48.5 Å². The summed E-state index contributed by atoms with van der Waals surface area (Å²) >= 11 is 4.46. The molecule has 2 atom stereocenters. The number of hydrogen-bond acceptors (Lipinski definition) is 6. The maximum Gasteiger partial charge on any atom is 0.243 e. The van der Waals surface area contributed by atoms with Crippen LogP contribution in [0.25, 0.3) is 22.5 Å². The van der Waals surface area contributed by atoms with Crippen molar-refractivity contribution in [2.45, 2.75) is 78.9 Å². The molecular weight excluding hydrogens is 508 g/mol. The summed E-state index contributed by atoms with van der Waals surface area (Å²) in [7, 11) is 0. The first-order chi connectivity index (χ1) is 18.7. The molecule has 0 aliphatic carbocycles. The van der Waals surface area contributed by atoms with Gasteiger partial charge in [-0.3, -0.25) is 9.59 Å². The Balaban J connectivity index is 1.87. The fourth-order valence-electron chi connectivity index (χ4n) is 4.84. The number of amides is 2. The van der Waals surface area contributed by atoms with Gasteiger partial charge in [0, 0.05) is 30.3 Å². The zero-order chi connectivity index (χ0) is 28.4. The van der Waals surface area contributed by atoms with E-state index in [1.54, 1.807) is 4.90 Å². The Bertz CT molecular complexity index is 1180. The Hall–Kier alpha value is -3.20. The number of nitrogens with one attached hydrogen (secondary N) is 2. The van der Waals surface area contributed by atoms with E-state index in [1.165, 1.54) is 0 Å². The van der Waals surface area contributed by atoms with Crippen LogP contribution in [0.3, 0.4) is 0 Å². The van der Waals surface area contributed by atoms with Crippen molar-refractivity contribution in [2.75, 3.05) is 5.75 Å².